The Balaban J connectivity index is 1.98. The summed E-state index contributed by atoms with van der Waals surface area (Å²) in [5, 5.41) is 6.69. The van der Waals surface area contributed by atoms with E-state index in [0.29, 0.717) is 6.61 Å². The van der Waals surface area contributed by atoms with Crippen molar-refractivity contribution in [2.75, 3.05) is 11.9 Å². The average Bonchev–Trinajstić information content (AvgIpc) is 2.86. The molecule has 20 heavy (non-hydrogen) atoms. The zero-order valence-electron chi connectivity index (χ0n) is 12.6. The van der Waals surface area contributed by atoms with Crippen molar-refractivity contribution in [2.45, 2.75) is 39.7 Å². The second-order valence-corrected chi connectivity index (χ2v) is 6.57. The van der Waals surface area contributed by atoms with Crippen LogP contribution in [-0.4, -0.2) is 11.6 Å². The number of aromatic nitrogens is 1. The van der Waals surface area contributed by atoms with Gasteiger partial charge in [-0.3, -0.25) is 0 Å². The average molecular weight is 290 g/mol. The van der Waals surface area contributed by atoms with Crippen LogP contribution in [0.1, 0.15) is 38.4 Å². The minimum atomic E-state index is 0.123. The molecule has 0 saturated heterocycles. The van der Waals surface area contributed by atoms with Gasteiger partial charge in [-0.2, -0.15) is 0 Å². The molecule has 2 rings (SSSR count). The smallest absolute Gasteiger partial charge is 0.121 e. The summed E-state index contributed by atoms with van der Waals surface area (Å²) >= 11 is 1.73. The number of benzene rings is 1. The minimum Gasteiger partial charge on any atom is -0.494 e. The molecule has 3 nitrogen and oxygen atoms in total. The van der Waals surface area contributed by atoms with Crippen molar-refractivity contribution in [1.29, 1.82) is 0 Å². The molecule has 0 spiro atoms. The van der Waals surface area contributed by atoms with Gasteiger partial charge >= 0.3 is 0 Å². The van der Waals surface area contributed by atoms with Gasteiger partial charge in [-0.15, -0.1) is 11.3 Å². The largest absolute Gasteiger partial charge is 0.494 e. The lowest BCUT2D eigenvalue weighted by molar-refractivity contribution is 0.340. The van der Waals surface area contributed by atoms with Crippen LogP contribution in [0, 0.1) is 0 Å². The van der Waals surface area contributed by atoms with E-state index in [4.69, 9.17) is 4.74 Å². The van der Waals surface area contributed by atoms with Crippen molar-refractivity contribution in [1.82, 2.24) is 4.98 Å². The van der Waals surface area contributed by atoms with Crippen molar-refractivity contribution in [3.63, 3.8) is 0 Å². The molecular weight excluding hydrogens is 268 g/mol. The number of rotatable bonds is 5. The summed E-state index contributed by atoms with van der Waals surface area (Å²) in [5.41, 5.74) is 2.26. The molecule has 0 amide bonds. The Hall–Kier alpha value is -1.55. The van der Waals surface area contributed by atoms with E-state index in [9.17, 15) is 0 Å². The van der Waals surface area contributed by atoms with Gasteiger partial charge in [-0.05, 0) is 19.1 Å². The summed E-state index contributed by atoms with van der Waals surface area (Å²) in [6, 6.07) is 8.02. The Bertz CT molecular complexity index is 558. The summed E-state index contributed by atoms with van der Waals surface area (Å²) < 4.78 is 5.49. The molecule has 0 aliphatic heterocycles. The van der Waals surface area contributed by atoms with Crippen molar-refractivity contribution < 1.29 is 4.74 Å². The molecule has 0 unspecified atom stereocenters. The van der Waals surface area contributed by atoms with Crippen molar-refractivity contribution in [3.05, 3.63) is 40.3 Å². The van der Waals surface area contributed by atoms with E-state index in [0.717, 1.165) is 23.7 Å². The van der Waals surface area contributed by atoms with Crippen molar-refractivity contribution >= 4 is 17.0 Å². The van der Waals surface area contributed by atoms with Gasteiger partial charge in [0.2, 0.25) is 0 Å². The Morgan fingerprint density at radius 2 is 2.10 bits per heavy atom. The van der Waals surface area contributed by atoms with Gasteiger partial charge in [0.15, 0.2) is 0 Å². The van der Waals surface area contributed by atoms with Crippen LogP contribution in [0.15, 0.2) is 29.6 Å². The summed E-state index contributed by atoms with van der Waals surface area (Å²) in [5.74, 6) is 0.895. The summed E-state index contributed by atoms with van der Waals surface area (Å²) in [7, 11) is 0. The van der Waals surface area contributed by atoms with E-state index < -0.39 is 0 Å². The molecule has 2 aromatic rings. The van der Waals surface area contributed by atoms with Crippen LogP contribution in [-0.2, 0) is 12.0 Å². The lowest BCUT2D eigenvalue weighted by Crippen LogP contribution is -2.11. The van der Waals surface area contributed by atoms with Crippen molar-refractivity contribution in [3.8, 4) is 5.75 Å². The molecule has 0 saturated carbocycles. The fraction of sp³-hybridized carbons (Fsp3) is 0.438. The van der Waals surface area contributed by atoms with Gasteiger partial charge in [-0.1, -0.05) is 26.8 Å². The van der Waals surface area contributed by atoms with E-state index in [1.54, 1.807) is 11.3 Å². The van der Waals surface area contributed by atoms with Crippen molar-refractivity contribution in [2.24, 2.45) is 0 Å². The van der Waals surface area contributed by atoms with Crippen LogP contribution in [0.25, 0.3) is 0 Å². The lowest BCUT2D eigenvalue weighted by Gasteiger charge is -2.13. The quantitative estimate of drug-likeness (QED) is 0.883. The first-order valence-corrected chi connectivity index (χ1v) is 7.78. The number of thiazole rings is 1. The lowest BCUT2D eigenvalue weighted by atomic mass is 9.98. The summed E-state index contributed by atoms with van der Waals surface area (Å²) in [6.45, 7) is 9.98. The molecule has 4 heteroatoms. The van der Waals surface area contributed by atoms with Gasteiger partial charge in [-0.25, -0.2) is 4.98 Å². The van der Waals surface area contributed by atoms with Gasteiger partial charge in [0.25, 0.3) is 0 Å². The van der Waals surface area contributed by atoms with E-state index in [1.165, 1.54) is 5.01 Å². The van der Waals surface area contributed by atoms with Gasteiger partial charge in [0.05, 0.1) is 23.9 Å². The Kier molecular flexibility index (Phi) is 4.65. The summed E-state index contributed by atoms with van der Waals surface area (Å²) in [6.07, 6.45) is 0. The third-order valence-corrected chi connectivity index (χ3v) is 4.13. The molecule has 0 bridgehead atoms. The van der Waals surface area contributed by atoms with Crippen LogP contribution in [0.3, 0.4) is 0 Å². The Morgan fingerprint density at radius 1 is 1.30 bits per heavy atom. The topological polar surface area (TPSA) is 34.1 Å². The third-order valence-electron chi connectivity index (χ3n) is 2.81. The monoisotopic (exact) mass is 290 g/mol. The standard InChI is InChI=1S/C16H22N2OS/c1-5-19-14-8-6-7-12(9-14)17-10-13-11-20-15(18-13)16(2,3)4/h6-9,11,17H,5,10H2,1-4H3. The van der Waals surface area contributed by atoms with E-state index in [2.05, 4.69) is 36.5 Å². The molecule has 1 N–H and O–H groups in total. The number of hydrogen-bond acceptors (Lipinski definition) is 4. The molecule has 0 fully saturated rings. The molecule has 0 atom stereocenters. The molecule has 1 heterocycles. The second kappa shape index (κ2) is 6.27. The number of anilines is 1. The fourth-order valence-corrected chi connectivity index (χ4v) is 2.69. The second-order valence-electron chi connectivity index (χ2n) is 5.71. The zero-order valence-corrected chi connectivity index (χ0v) is 13.4. The molecule has 108 valence electrons. The first-order chi connectivity index (χ1) is 9.49. The summed E-state index contributed by atoms with van der Waals surface area (Å²) in [4.78, 5) is 4.68. The fourth-order valence-electron chi connectivity index (χ4n) is 1.79. The van der Waals surface area contributed by atoms with E-state index in [1.807, 2.05) is 31.2 Å². The molecule has 1 aromatic heterocycles. The van der Waals surface area contributed by atoms with Crippen LogP contribution < -0.4 is 10.1 Å². The predicted molar refractivity (Wildman–Crippen MR) is 85.8 cm³/mol. The number of nitrogens with one attached hydrogen (secondary N) is 1. The van der Waals surface area contributed by atoms with Crippen LogP contribution in [0.4, 0.5) is 5.69 Å². The van der Waals surface area contributed by atoms with E-state index in [-0.39, 0.29) is 5.41 Å². The maximum Gasteiger partial charge on any atom is 0.121 e. The van der Waals surface area contributed by atoms with Gasteiger partial charge in [0.1, 0.15) is 5.75 Å². The highest BCUT2D eigenvalue weighted by molar-refractivity contribution is 7.09. The molecule has 0 aliphatic carbocycles. The first-order valence-electron chi connectivity index (χ1n) is 6.90. The maximum absolute atomic E-state index is 5.49. The highest BCUT2D eigenvalue weighted by Crippen LogP contribution is 2.26. The van der Waals surface area contributed by atoms with Crippen LogP contribution in [0.2, 0.25) is 0 Å². The number of ether oxygens (including phenoxy) is 1. The number of nitrogens with zero attached hydrogens (tertiary/aromatic N) is 1. The Labute approximate surface area is 125 Å². The van der Waals surface area contributed by atoms with Crippen LogP contribution >= 0.6 is 11.3 Å². The highest BCUT2D eigenvalue weighted by Gasteiger charge is 2.17. The molecule has 0 radical (unpaired) electrons. The Morgan fingerprint density at radius 3 is 2.75 bits per heavy atom. The molecular formula is C16H22N2OS. The normalized spacial score (nSPS) is 11.4. The number of hydrogen-bond donors (Lipinski definition) is 1. The highest BCUT2D eigenvalue weighted by atomic mass is 32.1. The van der Waals surface area contributed by atoms with Gasteiger partial charge in [0, 0.05) is 22.5 Å². The zero-order chi connectivity index (χ0) is 14.6. The first kappa shape index (κ1) is 14.9. The minimum absolute atomic E-state index is 0.123. The SMILES string of the molecule is CCOc1cccc(NCc2csc(C(C)(C)C)n2)c1. The molecule has 0 aliphatic rings. The van der Waals surface area contributed by atoms with Crippen LogP contribution in [0.5, 0.6) is 5.75 Å². The third kappa shape index (κ3) is 3.97. The molecule has 1 aromatic carbocycles. The predicted octanol–water partition coefficient (Wildman–Crippen LogP) is 4.45. The van der Waals surface area contributed by atoms with Gasteiger partial charge < -0.3 is 10.1 Å². The van der Waals surface area contributed by atoms with E-state index >= 15 is 0 Å². The maximum atomic E-state index is 5.49.